The van der Waals surface area contributed by atoms with E-state index >= 15 is 0 Å². The van der Waals surface area contributed by atoms with Crippen LogP contribution in [0.3, 0.4) is 0 Å². The van der Waals surface area contributed by atoms with Crippen LogP contribution in [0.15, 0.2) is 95.1 Å². The molecule has 13 nitrogen and oxygen atoms in total. The first kappa shape index (κ1) is 43.6. The summed E-state index contributed by atoms with van der Waals surface area (Å²) in [5.41, 5.74) is 0.223. The number of aliphatic imine (C=N–C) groups is 1. The fourth-order valence-electron chi connectivity index (χ4n) is 7.76. The standard InChI is InChI=1S/C44H42F4N8O5S/c1-43(59,37(58)19-26-6-7-28(22-49)34(18-26)44(46,47)48)24-62(60,61)32-14-12-31(13-15-32)51-17-5-3-4-16-50-30-10-8-27(9-11-30)40-39(42-53-25-54-56(42)2)41-38-33(36(57)23-52-41)20-29(45)21-35(38)55-40/h6-15,18,20-21,25,39-40,50-51,55,59H,3-5,16-17,19,23-24H2,1-2H3/t39?,40-,43?/m1/s1. The zero-order chi connectivity index (χ0) is 44.4. The molecule has 7 rings (SSSR count). The number of nitrogens with one attached hydrogen (secondary N) is 3. The predicted molar refractivity (Wildman–Crippen MR) is 224 cm³/mol. The van der Waals surface area contributed by atoms with Gasteiger partial charge < -0.3 is 21.1 Å². The Balaban J connectivity index is 0.872. The highest BCUT2D eigenvalue weighted by atomic mass is 32.2. The number of sulfone groups is 1. The molecule has 0 saturated heterocycles. The van der Waals surface area contributed by atoms with Gasteiger partial charge in [0.25, 0.3) is 0 Å². The Kier molecular flexibility index (Phi) is 12.3. The molecule has 18 heteroatoms. The van der Waals surface area contributed by atoms with E-state index in [0.717, 1.165) is 49.6 Å². The number of nitriles is 1. The molecule has 0 bridgehead atoms. The number of rotatable bonds is 16. The highest BCUT2D eigenvalue weighted by molar-refractivity contribution is 7.91. The van der Waals surface area contributed by atoms with Gasteiger partial charge in [-0.05, 0) is 98.0 Å². The van der Waals surface area contributed by atoms with Crippen LogP contribution in [0.1, 0.15) is 82.1 Å². The van der Waals surface area contributed by atoms with Gasteiger partial charge in [0, 0.05) is 54.7 Å². The van der Waals surface area contributed by atoms with Crippen molar-refractivity contribution in [1.29, 1.82) is 5.26 Å². The van der Waals surface area contributed by atoms with Crippen molar-refractivity contribution in [2.24, 2.45) is 12.0 Å². The second kappa shape index (κ2) is 17.5. The van der Waals surface area contributed by atoms with Crippen molar-refractivity contribution in [3.63, 3.8) is 0 Å². The van der Waals surface area contributed by atoms with E-state index in [-0.39, 0.29) is 34.7 Å². The number of Topliss-reactive ketones (excluding diaryl/α,β-unsaturated/α-hetero) is 2. The number of hydrogen-bond acceptors (Lipinski definition) is 12. The Morgan fingerprint density at radius 1 is 0.984 bits per heavy atom. The maximum atomic E-state index is 14.6. The number of alkyl halides is 3. The summed E-state index contributed by atoms with van der Waals surface area (Å²) in [5.74, 6) is -2.44. The number of nitrogens with zero attached hydrogens (tertiary/aromatic N) is 5. The topological polar surface area (TPSA) is 191 Å². The first-order valence-electron chi connectivity index (χ1n) is 19.7. The molecule has 3 atom stereocenters. The van der Waals surface area contributed by atoms with Gasteiger partial charge in [0.05, 0.1) is 45.5 Å². The Morgan fingerprint density at radius 2 is 1.65 bits per heavy atom. The number of unbranched alkanes of at least 4 members (excludes halogenated alkanes) is 2. The lowest BCUT2D eigenvalue weighted by molar-refractivity contribution is -0.138. The molecule has 2 aliphatic rings. The van der Waals surface area contributed by atoms with E-state index in [1.54, 1.807) is 23.9 Å². The Bertz CT molecular complexity index is 2690. The maximum Gasteiger partial charge on any atom is 0.417 e. The number of benzene rings is 4. The predicted octanol–water partition coefficient (Wildman–Crippen LogP) is 6.81. The summed E-state index contributed by atoms with van der Waals surface area (Å²) >= 11 is 0. The lowest BCUT2D eigenvalue weighted by atomic mass is 9.78. The quantitative estimate of drug-likeness (QED) is 0.0602. The van der Waals surface area contributed by atoms with Crippen LogP contribution in [0.5, 0.6) is 0 Å². The smallest absolute Gasteiger partial charge is 0.385 e. The summed E-state index contributed by atoms with van der Waals surface area (Å²) in [7, 11) is -2.38. The van der Waals surface area contributed by atoms with Crippen molar-refractivity contribution >= 4 is 44.2 Å². The number of aromatic nitrogens is 3. The molecule has 4 N–H and O–H groups in total. The van der Waals surface area contributed by atoms with E-state index < -0.39 is 56.5 Å². The highest BCUT2D eigenvalue weighted by Gasteiger charge is 2.42. The molecule has 0 spiro atoms. The zero-order valence-corrected chi connectivity index (χ0v) is 34.4. The molecule has 0 amide bonds. The monoisotopic (exact) mass is 870 g/mol. The third-order valence-electron chi connectivity index (χ3n) is 11.0. The van der Waals surface area contributed by atoms with E-state index in [9.17, 15) is 40.7 Å². The summed E-state index contributed by atoms with van der Waals surface area (Å²) < 4.78 is 82.7. The van der Waals surface area contributed by atoms with Gasteiger partial charge in [0.1, 0.15) is 30.1 Å². The molecule has 62 heavy (non-hydrogen) atoms. The van der Waals surface area contributed by atoms with Gasteiger partial charge >= 0.3 is 6.18 Å². The molecular formula is C44H42F4N8O5S. The number of carbonyl (C=O) groups excluding carboxylic acids is 2. The summed E-state index contributed by atoms with van der Waals surface area (Å²) in [6.45, 7) is 2.26. The lowest BCUT2D eigenvalue weighted by Gasteiger charge is -2.37. The molecule has 4 aromatic carbocycles. The van der Waals surface area contributed by atoms with Crippen molar-refractivity contribution in [3.8, 4) is 6.07 Å². The molecule has 3 heterocycles. The minimum absolute atomic E-state index is 0.0702. The van der Waals surface area contributed by atoms with Crippen LogP contribution < -0.4 is 16.0 Å². The van der Waals surface area contributed by atoms with Gasteiger partial charge in [-0.15, -0.1) is 0 Å². The number of hydrogen-bond donors (Lipinski definition) is 4. The second-order valence-electron chi connectivity index (χ2n) is 15.5. The summed E-state index contributed by atoms with van der Waals surface area (Å²) in [4.78, 5) is 34.6. The number of anilines is 3. The van der Waals surface area contributed by atoms with Crippen LogP contribution in [-0.4, -0.2) is 76.6 Å². The first-order chi connectivity index (χ1) is 29.4. The van der Waals surface area contributed by atoms with Crippen molar-refractivity contribution < 1.29 is 40.7 Å². The van der Waals surface area contributed by atoms with Crippen LogP contribution >= 0.6 is 0 Å². The second-order valence-corrected chi connectivity index (χ2v) is 17.5. The van der Waals surface area contributed by atoms with Gasteiger partial charge in [0.2, 0.25) is 0 Å². The SMILES string of the molecule is Cn1ncnc1C1C2=NCC(=O)c3cc(F)cc(c32)N[C@@H]1c1ccc(NCCCCCNc2ccc(S(=O)(=O)CC(C)(O)C(=O)Cc3ccc(C#N)c(C(F)(F)F)c3)cc2)cc1. The molecule has 1 aromatic heterocycles. The molecule has 0 fully saturated rings. The molecule has 5 aromatic rings. The van der Waals surface area contributed by atoms with Gasteiger partial charge in [-0.3, -0.25) is 19.3 Å². The minimum atomic E-state index is -4.84. The number of aliphatic hydroxyl groups is 1. The third kappa shape index (κ3) is 9.38. The van der Waals surface area contributed by atoms with Gasteiger partial charge in [-0.1, -0.05) is 18.2 Å². The minimum Gasteiger partial charge on any atom is -0.385 e. The summed E-state index contributed by atoms with van der Waals surface area (Å²) in [6.07, 6.45) is -1.45. The number of halogens is 4. The number of ketones is 2. The summed E-state index contributed by atoms with van der Waals surface area (Å²) in [6, 6.07) is 20.2. The lowest BCUT2D eigenvalue weighted by Crippen LogP contribution is -2.43. The number of carbonyl (C=O) groups is 2. The summed E-state index contributed by atoms with van der Waals surface area (Å²) in [5, 5.41) is 34.2. The molecule has 322 valence electrons. The van der Waals surface area contributed by atoms with Gasteiger partial charge in [0.15, 0.2) is 21.4 Å². The van der Waals surface area contributed by atoms with Gasteiger partial charge in [-0.25, -0.2) is 17.8 Å². The van der Waals surface area contributed by atoms with E-state index in [4.69, 9.17) is 5.26 Å². The average Bonchev–Trinajstić information content (AvgIpc) is 3.65. The molecule has 0 radical (unpaired) electrons. The molecule has 2 unspecified atom stereocenters. The molecule has 0 aliphatic carbocycles. The van der Waals surface area contributed by atoms with Crippen molar-refractivity contribution in [1.82, 2.24) is 14.8 Å². The van der Waals surface area contributed by atoms with Crippen LogP contribution in [0.2, 0.25) is 0 Å². The van der Waals surface area contributed by atoms with Crippen LogP contribution in [-0.2, 0) is 34.3 Å². The Labute approximate surface area is 354 Å². The maximum absolute atomic E-state index is 14.6. The van der Waals surface area contributed by atoms with Crippen molar-refractivity contribution in [3.05, 3.63) is 130 Å². The fourth-order valence-corrected chi connectivity index (χ4v) is 9.38. The molecule has 0 saturated carbocycles. The normalized spacial score (nSPS) is 16.9. The highest BCUT2D eigenvalue weighted by Crippen LogP contribution is 2.45. The Morgan fingerprint density at radius 3 is 2.26 bits per heavy atom. The molecule has 2 aliphatic heterocycles. The largest absolute Gasteiger partial charge is 0.417 e. The fraction of sp³-hybridized carbons (Fsp3) is 0.318. The van der Waals surface area contributed by atoms with Gasteiger partial charge in [-0.2, -0.15) is 23.5 Å². The van der Waals surface area contributed by atoms with E-state index in [1.165, 1.54) is 36.7 Å². The Hall–Kier alpha value is -6.45. The third-order valence-corrected chi connectivity index (χ3v) is 12.9. The van der Waals surface area contributed by atoms with Crippen molar-refractivity contribution in [2.75, 3.05) is 41.3 Å². The van der Waals surface area contributed by atoms with E-state index in [2.05, 4.69) is 31.0 Å². The van der Waals surface area contributed by atoms with Crippen LogP contribution in [0, 0.1) is 17.1 Å². The van der Waals surface area contributed by atoms with E-state index in [0.29, 0.717) is 53.2 Å². The molecular weight excluding hydrogens is 829 g/mol. The number of aryl methyl sites for hydroxylation is 1. The van der Waals surface area contributed by atoms with E-state index in [1.807, 2.05) is 24.3 Å². The van der Waals surface area contributed by atoms with Crippen molar-refractivity contribution in [2.45, 2.75) is 61.2 Å². The average molecular weight is 871 g/mol. The first-order valence-corrected chi connectivity index (χ1v) is 21.4. The zero-order valence-electron chi connectivity index (χ0n) is 33.6. The van der Waals surface area contributed by atoms with Crippen LogP contribution in [0.4, 0.5) is 34.6 Å². The van der Waals surface area contributed by atoms with Crippen LogP contribution in [0.25, 0.3) is 0 Å².